The van der Waals surface area contributed by atoms with Gasteiger partial charge >= 0.3 is 0 Å². The molecule has 0 amide bonds. The summed E-state index contributed by atoms with van der Waals surface area (Å²) >= 11 is 0. The highest BCUT2D eigenvalue weighted by Gasteiger charge is 1.72. The molecule has 0 radical (unpaired) electrons. The van der Waals surface area contributed by atoms with E-state index in [4.69, 9.17) is 0 Å². The van der Waals surface area contributed by atoms with Crippen molar-refractivity contribution in [2.45, 2.75) is 13.8 Å². The summed E-state index contributed by atoms with van der Waals surface area (Å²) in [6, 6.07) is 20.5. The minimum atomic E-state index is 1.32. The highest BCUT2D eigenvalue weighted by Crippen LogP contribution is 1.92. The number of aryl methyl sites for hydroxylation is 2. The highest BCUT2D eigenvalue weighted by atomic mass is 36.5. The van der Waals surface area contributed by atoms with Gasteiger partial charge in [-0.3, -0.25) is 0 Å². The van der Waals surface area contributed by atoms with E-state index in [1.807, 2.05) is 36.4 Å². The van der Waals surface area contributed by atoms with Gasteiger partial charge in [0.05, 0.1) is 0 Å². The van der Waals surface area contributed by atoms with Crippen LogP contribution in [0.25, 0.3) is 0 Å². The molecule has 2 heteroatoms. The molecule has 16 heavy (non-hydrogen) atoms. The molecule has 0 saturated heterocycles. The first-order valence-electron chi connectivity index (χ1n) is 4.96. The van der Waals surface area contributed by atoms with E-state index in [-0.39, 0.29) is 0 Å². The Balaban J connectivity index is 0.000000244. The molecule has 2 aromatic rings. The summed E-state index contributed by atoms with van der Waals surface area (Å²) in [5.41, 5.74) is 2.64. The second-order valence-corrected chi connectivity index (χ2v) is 3.31. The maximum absolute atomic E-state index is 4.11. The molecule has 0 fully saturated rings. The third-order valence-electron chi connectivity index (χ3n) is 1.88. The average molecular weight is 255 g/mol. The molecule has 2 rings (SSSR count). The van der Waals surface area contributed by atoms with Crippen LogP contribution in [-0.2, 0) is 0 Å². The summed E-state index contributed by atoms with van der Waals surface area (Å²) in [6.45, 7) is 4.17. The van der Waals surface area contributed by atoms with Crippen LogP contribution in [0.2, 0.25) is 0 Å². The largest absolute Gasteiger partial charge is 0.0622 e. The van der Waals surface area contributed by atoms with Crippen LogP contribution in [0.3, 0.4) is 0 Å². The number of hydrogen-bond acceptors (Lipinski definition) is 0. The van der Waals surface area contributed by atoms with Crippen molar-refractivity contribution < 1.29 is 0 Å². The smallest absolute Gasteiger partial charge is 0 e. The zero-order valence-electron chi connectivity index (χ0n) is 9.53. The normalized spacial score (nSPS) is 8.00. The molecule has 0 unspecified atom stereocenters. The molecular weight excluding hydrogens is 239 g/mol. The Hall–Kier alpha value is -0.980. The summed E-state index contributed by atoms with van der Waals surface area (Å²) in [4.78, 5) is 0. The fraction of sp³-hybridized carbons (Fsp3) is 0.143. The molecule has 0 saturated carbocycles. The molecule has 0 atom stereocenters. The van der Waals surface area contributed by atoms with Gasteiger partial charge in [-0.05, 0) is 13.8 Å². The van der Waals surface area contributed by atoms with E-state index in [0.29, 0.717) is 0 Å². The van der Waals surface area contributed by atoms with Crippen LogP contribution in [0.15, 0.2) is 60.7 Å². The Morgan fingerprint density at radius 1 is 0.562 bits per heavy atom. The van der Waals surface area contributed by atoms with Gasteiger partial charge in [-0.25, -0.2) is 0 Å². The van der Waals surface area contributed by atoms with Crippen LogP contribution < -0.4 is 0 Å². The highest BCUT2D eigenvalue weighted by molar-refractivity contribution is 6.85. The first-order valence-corrected chi connectivity index (χ1v) is 6.11. The third kappa shape index (κ3) is 8.34. The lowest BCUT2D eigenvalue weighted by Gasteiger charge is -1.82. The minimum Gasteiger partial charge on any atom is -0.0622 e. The maximum atomic E-state index is 4.11. The van der Waals surface area contributed by atoms with Crippen LogP contribution in [0.5, 0.6) is 0 Å². The Morgan fingerprint density at radius 2 is 0.812 bits per heavy atom. The molecule has 0 aliphatic rings. The molecule has 0 heterocycles. The number of hydrogen-bond donors (Lipinski definition) is 0. The van der Waals surface area contributed by atoms with Crippen LogP contribution in [-0.4, -0.2) is 0 Å². The third-order valence-corrected chi connectivity index (χ3v) is 1.88. The van der Waals surface area contributed by atoms with Crippen molar-refractivity contribution in [3.05, 3.63) is 71.8 Å². The standard InChI is InChI=1S/2C7H8.Cl2/c2*1-7-5-3-2-4-6-7;1-2/h2*2-6H,1H3;. The minimum absolute atomic E-state index is 1.32. The van der Waals surface area contributed by atoms with Crippen LogP contribution in [0.4, 0.5) is 0 Å². The maximum Gasteiger partial charge on any atom is 0 e. The first kappa shape index (κ1) is 15.0. The van der Waals surface area contributed by atoms with E-state index in [9.17, 15) is 0 Å². The quantitative estimate of drug-likeness (QED) is 0.593. The zero-order chi connectivity index (χ0) is 12.2. The van der Waals surface area contributed by atoms with Crippen molar-refractivity contribution in [2.75, 3.05) is 0 Å². The van der Waals surface area contributed by atoms with E-state index in [2.05, 4.69) is 59.8 Å². The van der Waals surface area contributed by atoms with Gasteiger partial charge < -0.3 is 0 Å². The van der Waals surface area contributed by atoms with E-state index in [1.54, 1.807) is 0 Å². The molecule has 0 N–H and O–H groups in total. The summed E-state index contributed by atoms with van der Waals surface area (Å²) < 4.78 is 0. The predicted molar refractivity (Wildman–Crippen MR) is 74.1 cm³/mol. The summed E-state index contributed by atoms with van der Waals surface area (Å²) in [5, 5.41) is 0. The lowest BCUT2D eigenvalue weighted by Crippen LogP contribution is -1.62. The summed E-state index contributed by atoms with van der Waals surface area (Å²) in [7, 11) is 8.22. The van der Waals surface area contributed by atoms with Crippen molar-refractivity contribution in [2.24, 2.45) is 0 Å². The zero-order valence-corrected chi connectivity index (χ0v) is 11.0. The molecule has 2 aromatic carbocycles. The number of halogens is 2. The van der Waals surface area contributed by atoms with Gasteiger partial charge in [-0.2, -0.15) is 0 Å². The van der Waals surface area contributed by atoms with Gasteiger partial charge in [-0.1, -0.05) is 71.8 Å². The number of benzene rings is 2. The van der Waals surface area contributed by atoms with E-state index in [0.717, 1.165) is 0 Å². The fourth-order valence-corrected chi connectivity index (χ4v) is 1.07. The van der Waals surface area contributed by atoms with Crippen molar-refractivity contribution in [3.63, 3.8) is 0 Å². The van der Waals surface area contributed by atoms with Gasteiger partial charge in [0.1, 0.15) is 0 Å². The second kappa shape index (κ2) is 10.5. The predicted octanol–water partition coefficient (Wildman–Crippen LogP) is 5.37. The lowest BCUT2D eigenvalue weighted by atomic mass is 10.2. The summed E-state index contributed by atoms with van der Waals surface area (Å²) in [6.07, 6.45) is 0. The Kier molecular flexibility index (Phi) is 9.89. The molecule has 0 nitrogen and oxygen atoms in total. The van der Waals surface area contributed by atoms with Crippen LogP contribution in [0.1, 0.15) is 11.1 Å². The van der Waals surface area contributed by atoms with Gasteiger partial charge in [0.25, 0.3) is 0 Å². The molecule has 0 bridgehead atoms. The van der Waals surface area contributed by atoms with Gasteiger partial charge in [-0.15, -0.1) is 0 Å². The molecular formula is C14H16Cl2. The molecule has 86 valence electrons. The van der Waals surface area contributed by atoms with E-state index < -0.39 is 0 Å². The molecule has 0 aliphatic carbocycles. The Morgan fingerprint density at radius 3 is 0.938 bits per heavy atom. The monoisotopic (exact) mass is 254 g/mol. The molecule has 0 aromatic heterocycles. The number of rotatable bonds is 0. The Labute approximate surface area is 107 Å². The van der Waals surface area contributed by atoms with Crippen LogP contribution >= 0.6 is 21.7 Å². The van der Waals surface area contributed by atoms with Crippen molar-refractivity contribution in [1.29, 1.82) is 0 Å². The van der Waals surface area contributed by atoms with Gasteiger partial charge in [0.15, 0.2) is 0 Å². The van der Waals surface area contributed by atoms with E-state index in [1.165, 1.54) is 11.1 Å². The van der Waals surface area contributed by atoms with Gasteiger partial charge in [0, 0.05) is 21.7 Å². The van der Waals surface area contributed by atoms with Crippen LogP contribution in [0, 0.1) is 13.8 Å². The van der Waals surface area contributed by atoms with Crippen molar-refractivity contribution in [3.8, 4) is 0 Å². The topological polar surface area (TPSA) is 0 Å². The fourth-order valence-electron chi connectivity index (χ4n) is 1.07. The second-order valence-electron chi connectivity index (χ2n) is 3.31. The molecule has 0 aliphatic heterocycles. The van der Waals surface area contributed by atoms with Crippen molar-refractivity contribution >= 4 is 21.7 Å². The first-order chi connectivity index (χ1) is 7.79. The van der Waals surface area contributed by atoms with Gasteiger partial charge in [0.2, 0.25) is 0 Å². The average Bonchev–Trinajstić information content (AvgIpc) is 2.34. The Bertz CT molecular complexity index is 306. The molecule has 0 spiro atoms. The summed E-state index contributed by atoms with van der Waals surface area (Å²) in [5.74, 6) is 0. The van der Waals surface area contributed by atoms with Crippen molar-refractivity contribution in [1.82, 2.24) is 0 Å². The van der Waals surface area contributed by atoms with E-state index >= 15 is 0 Å². The lowest BCUT2D eigenvalue weighted by molar-refractivity contribution is 1.48. The SMILES string of the molecule is Cc1ccccc1.Cc1ccccc1.ClCl.